The predicted octanol–water partition coefficient (Wildman–Crippen LogP) is 2.49. The van der Waals surface area contributed by atoms with E-state index in [4.69, 9.17) is 5.11 Å². The minimum atomic E-state index is -0.849. The van der Waals surface area contributed by atoms with Gasteiger partial charge in [-0.1, -0.05) is 24.2 Å². The summed E-state index contributed by atoms with van der Waals surface area (Å²) in [5, 5.41) is 19.7. The van der Waals surface area contributed by atoms with Gasteiger partial charge in [0.25, 0.3) is 0 Å². The number of nitro groups is 1. The van der Waals surface area contributed by atoms with Crippen molar-refractivity contribution in [2.45, 2.75) is 38.3 Å². The fraction of sp³-hybridized carbons (Fsp3) is 0.583. The van der Waals surface area contributed by atoms with Gasteiger partial charge in [-0.2, -0.15) is 0 Å². The second-order valence-corrected chi connectivity index (χ2v) is 5.88. The number of rotatable bonds is 6. The van der Waals surface area contributed by atoms with Gasteiger partial charge in [0.05, 0.1) is 11.5 Å². The Balaban J connectivity index is 2.05. The lowest BCUT2D eigenvalue weighted by molar-refractivity contribution is -0.380. The van der Waals surface area contributed by atoms with Gasteiger partial charge in [-0.3, -0.25) is 19.8 Å². The summed E-state index contributed by atoms with van der Waals surface area (Å²) < 4.78 is 0. The second-order valence-electron chi connectivity index (χ2n) is 4.73. The van der Waals surface area contributed by atoms with Crippen LogP contribution in [-0.4, -0.2) is 33.5 Å². The Labute approximate surface area is 114 Å². The quantitative estimate of drug-likeness (QED) is 0.641. The van der Waals surface area contributed by atoms with E-state index in [2.05, 4.69) is 0 Å². The molecule has 0 aliphatic heterocycles. The SMILES string of the molecule is O=C(O)CN(Cc1ccc([N+](=O)[O-])s1)C1CCCC1. The van der Waals surface area contributed by atoms with Gasteiger partial charge >= 0.3 is 11.0 Å². The molecular formula is C12H16N2O4S. The lowest BCUT2D eigenvalue weighted by Crippen LogP contribution is -2.36. The zero-order valence-electron chi connectivity index (χ0n) is 10.4. The molecule has 0 bridgehead atoms. The summed E-state index contributed by atoms with van der Waals surface area (Å²) in [6.07, 6.45) is 4.29. The summed E-state index contributed by atoms with van der Waals surface area (Å²) in [6, 6.07) is 3.48. The van der Waals surface area contributed by atoms with Crippen LogP contribution < -0.4 is 0 Å². The van der Waals surface area contributed by atoms with E-state index in [1.807, 2.05) is 4.90 Å². The molecule has 1 heterocycles. The monoisotopic (exact) mass is 284 g/mol. The number of thiophene rings is 1. The number of carboxylic acids is 1. The fourth-order valence-corrected chi connectivity index (χ4v) is 3.35. The highest BCUT2D eigenvalue weighted by molar-refractivity contribution is 7.15. The minimum absolute atomic E-state index is 0.00361. The zero-order valence-corrected chi connectivity index (χ0v) is 11.3. The molecule has 1 fully saturated rings. The maximum Gasteiger partial charge on any atom is 0.324 e. The van der Waals surface area contributed by atoms with Crippen LogP contribution in [0.3, 0.4) is 0 Å². The Morgan fingerprint density at radius 3 is 2.68 bits per heavy atom. The Bertz CT molecular complexity index is 468. The molecule has 1 saturated carbocycles. The van der Waals surface area contributed by atoms with Crippen LogP contribution in [0.2, 0.25) is 0 Å². The van der Waals surface area contributed by atoms with E-state index in [1.54, 1.807) is 6.07 Å². The van der Waals surface area contributed by atoms with Crippen molar-refractivity contribution in [3.8, 4) is 0 Å². The van der Waals surface area contributed by atoms with Gasteiger partial charge in [0, 0.05) is 23.5 Å². The summed E-state index contributed by atoms with van der Waals surface area (Å²) in [7, 11) is 0. The lowest BCUT2D eigenvalue weighted by Gasteiger charge is -2.26. The molecule has 0 radical (unpaired) electrons. The largest absolute Gasteiger partial charge is 0.480 e. The van der Waals surface area contributed by atoms with Crippen molar-refractivity contribution < 1.29 is 14.8 Å². The number of hydrogen-bond donors (Lipinski definition) is 1. The maximum absolute atomic E-state index is 10.9. The molecule has 0 atom stereocenters. The highest BCUT2D eigenvalue weighted by Crippen LogP contribution is 2.29. The summed E-state index contributed by atoms with van der Waals surface area (Å²) >= 11 is 1.12. The van der Waals surface area contributed by atoms with Crippen LogP contribution in [0.5, 0.6) is 0 Å². The standard InChI is InChI=1S/C12H16N2O4S/c15-12(16)8-13(9-3-1-2-4-9)7-10-5-6-11(19-10)14(17)18/h5-6,9H,1-4,7-8H2,(H,15,16). The topological polar surface area (TPSA) is 83.7 Å². The van der Waals surface area contributed by atoms with Crippen LogP contribution in [0.25, 0.3) is 0 Å². The average Bonchev–Trinajstić information content (AvgIpc) is 2.98. The van der Waals surface area contributed by atoms with Crippen LogP contribution in [-0.2, 0) is 11.3 Å². The van der Waals surface area contributed by atoms with Crippen LogP contribution >= 0.6 is 11.3 Å². The Kier molecular flexibility index (Phi) is 4.49. The Morgan fingerprint density at radius 2 is 2.16 bits per heavy atom. The van der Waals surface area contributed by atoms with Crippen molar-refractivity contribution >= 4 is 22.3 Å². The van der Waals surface area contributed by atoms with Crippen LogP contribution in [0.4, 0.5) is 5.00 Å². The third kappa shape index (κ3) is 3.74. The molecule has 0 aromatic carbocycles. The molecule has 7 heteroatoms. The third-order valence-corrected chi connectivity index (χ3v) is 4.39. The first-order chi connectivity index (χ1) is 9.06. The lowest BCUT2D eigenvalue weighted by atomic mass is 10.2. The van der Waals surface area contributed by atoms with E-state index >= 15 is 0 Å². The molecule has 6 nitrogen and oxygen atoms in total. The maximum atomic E-state index is 10.9. The highest BCUT2D eigenvalue weighted by atomic mass is 32.1. The first-order valence-corrected chi connectivity index (χ1v) is 7.07. The normalized spacial score (nSPS) is 16.1. The molecule has 104 valence electrons. The molecular weight excluding hydrogens is 268 g/mol. The minimum Gasteiger partial charge on any atom is -0.480 e. The first-order valence-electron chi connectivity index (χ1n) is 6.25. The summed E-state index contributed by atoms with van der Waals surface area (Å²) in [5.74, 6) is -0.849. The number of carbonyl (C=O) groups is 1. The van der Waals surface area contributed by atoms with E-state index in [9.17, 15) is 14.9 Å². The average molecular weight is 284 g/mol. The molecule has 0 unspecified atom stereocenters. The van der Waals surface area contributed by atoms with Crippen molar-refractivity contribution in [1.29, 1.82) is 0 Å². The van der Waals surface area contributed by atoms with E-state index in [1.165, 1.54) is 6.07 Å². The summed E-state index contributed by atoms with van der Waals surface area (Å²) in [5.41, 5.74) is 0. The van der Waals surface area contributed by atoms with Crippen molar-refractivity contribution in [3.63, 3.8) is 0 Å². The number of carboxylic acid groups (broad SMARTS) is 1. The van der Waals surface area contributed by atoms with E-state index < -0.39 is 10.9 Å². The molecule has 0 amide bonds. The molecule has 0 spiro atoms. The van der Waals surface area contributed by atoms with Gasteiger partial charge in [0.15, 0.2) is 0 Å². The van der Waals surface area contributed by atoms with E-state index in [0.29, 0.717) is 6.54 Å². The number of hydrogen-bond acceptors (Lipinski definition) is 5. The Morgan fingerprint density at radius 1 is 1.47 bits per heavy atom. The molecule has 2 rings (SSSR count). The van der Waals surface area contributed by atoms with Gasteiger partial charge in [-0.05, 0) is 18.9 Å². The van der Waals surface area contributed by atoms with Gasteiger partial charge in [-0.25, -0.2) is 0 Å². The fourth-order valence-electron chi connectivity index (χ4n) is 2.51. The molecule has 1 aromatic rings. The molecule has 1 aliphatic carbocycles. The van der Waals surface area contributed by atoms with Crippen LogP contribution in [0.1, 0.15) is 30.6 Å². The van der Waals surface area contributed by atoms with Crippen LogP contribution in [0, 0.1) is 10.1 Å². The number of aliphatic carboxylic acids is 1. The third-order valence-electron chi connectivity index (χ3n) is 3.37. The number of nitrogens with zero attached hydrogens (tertiary/aromatic N) is 2. The predicted molar refractivity (Wildman–Crippen MR) is 71.3 cm³/mol. The van der Waals surface area contributed by atoms with Crippen molar-refractivity contribution in [2.75, 3.05) is 6.54 Å². The summed E-state index contributed by atoms with van der Waals surface area (Å²) in [4.78, 5) is 23.9. The molecule has 0 saturated heterocycles. The van der Waals surface area contributed by atoms with E-state index in [0.717, 1.165) is 41.9 Å². The van der Waals surface area contributed by atoms with Crippen molar-refractivity contribution in [1.82, 2.24) is 4.90 Å². The Hall–Kier alpha value is -1.47. The molecule has 1 aliphatic rings. The van der Waals surface area contributed by atoms with Crippen LogP contribution in [0.15, 0.2) is 12.1 Å². The van der Waals surface area contributed by atoms with Gasteiger partial charge < -0.3 is 5.11 Å². The smallest absolute Gasteiger partial charge is 0.324 e. The first kappa shape index (κ1) is 14.0. The van der Waals surface area contributed by atoms with Crippen molar-refractivity contribution in [3.05, 3.63) is 27.1 Å². The highest BCUT2D eigenvalue weighted by Gasteiger charge is 2.25. The van der Waals surface area contributed by atoms with E-state index in [-0.39, 0.29) is 17.6 Å². The zero-order chi connectivity index (χ0) is 13.8. The van der Waals surface area contributed by atoms with Gasteiger partial charge in [-0.15, -0.1) is 0 Å². The molecule has 19 heavy (non-hydrogen) atoms. The summed E-state index contributed by atoms with van der Waals surface area (Å²) in [6.45, 7) is 0.478. The molecule has 1 aromatic heterocycles. The molecule has 1 N–H and O–H groups in total. The van der Waals surface area contributed by atoms with Crippen molar-refractivity contribution in [2.24, 2.45) is 0 Å². The van der Waals surface area contributed by atoms with Gasteiger partial charge in [0.1, 0.15) is 0 Å². The van der Waals surface area contributed by atoms with Gasteiger partial charge in [0.2, 0.25) is 0 Å². The second kappa shape index (κ2) is 6.12.